The molecular weight excluding hydrogens is 532 g/mol. The Hall–Kier alpha value is -3.43. The van der Waals surface area contributed by atoms with Crippen molar-refractivity contribution in [2.75, 3.05) is 11.9 Å². The summed E-state index contributed by atoms with van der Waals surface area (Å²) >= 11 is 0. The molecule has 220 valence electrons. The average Bonchev–Trinajstić information content (AvgIpc) is 3.23. The van der Waals surface area contributed by atoms with Crippen LogP contribution in [0.15, 0.2) is 54.6 Å². The van der Waals surface area contributed by atoms with Gasteiger partial charge in [0.2, 0.25) is 5.91 Å². The molecule has 9 heteroatoms. The minimum atomic E-state index is -1.14. The molecule has 1 aromatic heterocycles. The molecule has 41 heavy (non-hydrogen) atoms. The highest BCUT2D eigenvalue weighted by Crippen LogP contribution is 2.30. The summed E-state index contributed by atoms with van der Waals surface area (Å²) < 4.78 is 13.3. The predicted molar refractivity (Wildman–Crippen MR) is 166 cm³/mol. The second kappa shape index (κ2) is 14.0. The number of aromatic nitrogens is 2. The third kappa shape index (κ3) is 8.77. The molecule has 0 bridgehead atoms. The van der Waals surface area contributed by atoms with Gasteiger partial charge < -0.3 is 20.1 Å². The maximum atomic E-state index is 13.4. The number of nitrogens with one attached hydrogen (secondary N) is 2. The first kappa shape index (κ1) is 30.5. The highest BCUT2D eigenvalue weighted by Gasteiger charge is 2.31. The number of carbonyl (C=O) groups excluding carboxylic acids is 2. The number of rotatable bonds is 11. The van der Waals surface area contributed by atoms with Crippen LogP contribution in [0.4, 0.5) is 10.5 Å². The van der Waals surface area contributed by atoms with E-state index in [-0.39, 0.29) is 11.8 Å². The Bertz CT molecular complexity index is 1300. The van der Waals surface area contributed by atoms with E-state index >= 15 is 0 Å². The number of aryl methyl sites for hydroxylation is 1. The van der Waals surface area contributed by atoms with Crippen LogP contribution < -0.4 is 15.4 Å². The molecular formula is C32H44N4O4Si. The molecule has 1 aliphatic rings. The SMILES string of the molecule is Cc1nn(COCC[Si](C)(C)C)c(C)c1-c1ccc(NC(=O)[C@@H](NC(=O)Oc2ccccc2)C2CCCCC2)cc1. The van der Waals surface area contributed by atoms with Crippen molar-refractivity contribution in [2.24, 2.45) is 5.92 Å². The lowest BCUT2D eigenvalue weighted by Gasteiger charge is -2.29. The Morgan fingerprint density at radius 1 is 1.00 bits per heavy atom. The Morgan fingerprint density at radius 3 is 2.34 bits per heavy atom. The smallest absolute Gasteiger partial charge is 0.410 e. The van der Waals surface area contributed by atoms with Crippen molar-refractivity contribution in [3.8, 4) is 16.9 Å². The van der Waals surface area contributed by atoms with E-state index in [0.29, 0.717) is 18.2 Å². The van der Waals surface area contributed by atoms with Crippen LogP contribution in [0, 0.1) is 19.8 Å². The van der Waals surface area contributed by atoms with E-state index in [1.165, 1.54) is 0 Å². The van der Waals surface area contributed by atoms with E-state index in [2.05, 4.69) is 37.2 Å². The van der Waals surface area contributed by atoms with Crippen LogP contribution in [-0.4, -0.2) is 42.5 Å². The zero-order valence-corrected chi connectivity index (χ0v) is 26.0. The fraction of sp³-hybridized carbons (Fsp3) is 0.469. The minimum absolute atomic E-state index is 0.0652. The molecule has 1 aliphatic carbocycles. The van der Waals surface area contributed by atoms with Gasteiger partial charge in [-0.25, -0.2) is 9.48 Å². The van der Waals surface area contributed by atoms with Crippen LogP contribution in [0.2, 0.25) is 25.7 Å². The number of amides is 2. The quantitative estimate of drug-likeness (QED) is 0.187. The topological polar surface area (TPSA) is 94.5 Å². The van der Waals surface area contributed by atoms with Gasteiger partial charge in [-0.1, -0.05) is 69.2 Å². The highest BCUT2D eigenvalue weighted by molar-refractivity contribution is 6.76. The molecule has 0 unspecified atom stereocenters. The molecule has 2 amide bonds. The van der Waals surface area contributed by atoms with Gasteiger partial charge >= 0.3 is 6.09 Å². The van der Waals surface area contributed by atoms with E-state index in [4.69, 9.17) is 14.6 Å². The van der Waals surface area contributed by atoms with E-state index in [1.807, 2.05) is 41.9 Å². The molecule has 8 nitrogen and oxygen atoms in total. The zero-order chi connectivity index (χ0) is 29.4. The van der Waals surface area contributed by atoms with Gasteiger partial charge in [0.25, 0.3) is 0 Å². The van der Waals surface area contributed by atoms with Gasteiger partial charge in [-0.2, -0.15) is 5.10 Å². The van der Waals surface area contributed by atoms with Crippen LogP contribution >= 0.6 is 0 Å². The second-order valence-corrected chi connectivity index (χ2v) is 17.8. The summed E-state index contributed by atoms with van der Waals surface area (Å²) in [4.78, 5) is 26.1. The summed E-state index contributed by atoms with van der Waals surface area (Å²) in [6.07, 6.45) is 4.42. The fourth-order valence-corrected chi connectivity index (χ4v) is 6.08. The van der Waals surface area contributed by atoms with Crippen molar-refractivity contribution in [3.05, 3.63) is 66.0 Å². The van der Waals surface area contributed by atoms with Crippen molar-refractivity contribution in [2.45, 2.75) is 84.4 Å². The largest absolute Gasteiger partial charge is 0.413 e. The zero-order valence-electron chi connectivity index (χ0n) is 25.0. The van der Waals surface area contributed by atoms with Gasteiger partial charge in [0.1, 0.15) is 18.5 Å². The lowest BCUT2D eigenvalue weighted by atomic mass is 9.83. The summed E-state index contributed by atoms with van der Waals surface area (Å²) in [7, 11) is -1.14. The third-order valence-electron chi connectivity index (χ3n) is 7.66. The third-order valence-corrected chi connectivity index (χ3v) is 9.37. The van der Waals surface area contributed by atoms with E-state index in [1.54, 1.807) is 24.3 Å². The van der Waals surface area contributed by atoms with E-state index < -0.39 is 20.2 Å². The number of para-hydroxylation sites is 1. The van der Waals surface area contributed by atoms with Gasteiger partial charge in [-0.05, 0) is 68.5 Å². The number of ether oxygens (including phenoxy) is 2. The predicted octanol–water partition coefficient (Wildman–Crippen LogP) is 7.16. The Morgan fingerprint density at radius 2 is 1.68 bits per heavy atom. The van der Waals surface area contributed by atoms with Crippen LogP contribution in [0.5, 0.6) is 5.75 Å². The molecule has 2 aromatic carbocycles. The molecule has 0 radical (unpaired) electrons. The molecule has 3 aromatic rings. The summed E-state index contributed by atoms with van der Waals surface area (Å²) in [6, 6.07) is 17.1. The Labute approximate surface area is 244 Å². The van der Waals surface area contributed by atoms with Crippen LogP contribution in [0.3, 0.4) is 0 Å². The molecule has 1 saturated carbocycles. The fourth-order valence-electron chi connectivity index (χ4n) is 5.33. The molecule has 1 atom stereocenters. The monoisotopic (exact) mass is 576 g/mol. The van der Waals surface area contributed by atoms with Crippen molar-refractivity contribution in [1.82, 2.24) is 15.1 Å². The number of anilines is 1. The van der Waals surface area contributed by atoms with E-state index in [0.717, 1.165) is 67.3 Å². The molecule has 0 aliphatic heterocycles. The Kier molecular flexibility index (Phi) is 10.4. The molecule has 0 saturated heterocycles. The number of carbonyl (C=O) groups is 2. The number of hydrogen-bond donors (Lipinski definition) is 2. The van der Waals surface area contributed by atoms with Gasteiger partial charge in [0.05, 0.1) is 5.69 Å². The maximum absolute atomic E-state index is 13.4. The van der Waals surface area contributed by atoms with Crippen molar-refractivity contribution >= 4 is 25.8 Å². The minimum Gasteiger partial charge on any atom is -0.410 e. The molecule has 4 rings (SSSR count). The normalized spacial score (nSPS) is 14.9. The molecule has 1 fully saturated rings. The lowest BCUT2D eigenvalue weighted by Crippen LogP contribution is -2.49. The van der Waals surface area contributed by atoms with Crippen molar-refractivity contribution in [1.29, 1.82) is 0 Å². The van der Waals surface area contributed by atoms with Crippen LogP contribution in [-0.2, 0) is 16.3 Å². The van der Waals surface area contributed by atoms with Crippen molar-refractivity contribution < 1.29 is 19.1 Å². The number of nitrogens with zero attached hydrogens (tertiary/aromatic N) is 2. The van der Waals surface area contributed by atoms with E-state index in [9.17, 15) is 9.59 Å². The van der Waals surface area contributed by atoms with Crippen LogP contribution in [0.25, 0.3) is 11.1 Å². The maximum Gasteiger partial charge on any atom is 0.413 e. The summed E-state index contributed by atoms with van der Waals surface area (Å²) in [5.74, 6) is 0.274. The highest BCUT2D eigenvalue weighted by atomic mass is 28.3. The van der Waals surface area contributed by atoms with Gasteiger partial charge in [-0.15, -0.1) is 0 Å². The molecule has 1 heterocycles. The number of benzene rings is 2. The first-order valence-corrected chi connectivity index (χ1v) is 18.4. The summed E-state index contributed by atoms with van der Waals surface area (Å²) in [6.45, 7) is 12.3. The second-order valence-electron chi connectivity index (χ2n) is 12.2. The number of hydrogen-bond acceptors (Lipinski definition) is 5. The molecule has 0 spiro atoms. The Balaban J connectivity index is 1.41. The average molecular weight is 577 g/mol. The van der Waals surface area contributed by atoms with Gasteiger partial charge in [0.15, 0.2) is 0 Å². The first-order chi connectivity index (χ1) is 19.6. The lowest BCUT2D eigenvalue weighted by molar-refractivity contribution is -0.119. The van der Waals surface area contributed by atoms with Crippen LogP contribution in [0.1, 0.15) is 43.5 Å². The summed E-state index contributed by atoms with van der Waals surface area (Å²) in [5, 5.41) is 10.6. The molecule has 2 N–H and O–H groups in total. The van der Waals surface area contributed by atoms with Crippen molar-refractivity contribution in [3.63, 3.8) is 0 Å². The standard InChI is InChI=1S/C32H44N4O4Si/c1-23-29(24(2)36(35-23)22-39-20-21-41(3,4)5)25-16-18-27(19-17-25)33-31(37)30(26-12-8-6-9-13-26)34-32(38)40-28-14-10-7-11-15-28/h7,10-11,14-19,26,30H,6,8-9,12-13,20-22H2,1-5H3,(H,33,37)(H,34,38)/t30-/m0/s1. The van der Waals surface area contributed by atoms with Gasteiger partial charge in [0, 0.05) is 31.6 Å². The summed E-state index contributed by atoms with van der Waals surface area (Å²) in [5.41, 5.74) is 4.76. The first-order valence-electron chi connectivity index (χ1n) is 14.7. The van der Waals surface area contributed by atoms with Gasteiger partial charge in [-0.3, -0.25) is 4.79 Å².